The van der Waals surface area contributed by atoms with Crippen LogP contribution in [0.25, 0.3) is 0 Å². The minimum Gasteiger partial charge on any atom is -0.365 e. The van der Waals surface area contributed by atoms with Crippen LogP contribution in [0.5, 0.6) is 0 Å². The normalized spacial score (nSPS) is 11.9. The zero-order valence-electron chi connectivity index (χ0n) is 7.55. The summed E-state index contributed by atoms with van der Waals surface area (Å²) in [5.41, 5.74) is 0.654. The summed E-state index contributed by atoms with van der Waals surface area (Å²) >= 11 is 0. The van der Waals surface area contributed by atoms with Crippen LogP contribution in [-0.2, 0) is 9.63 Å². The first kappa shape index (κ1) is 10.2. The van der Waals surface area contributed by atoms with E-state index in [0.29, 0.717) is 5.57 Å². The lowest BCUT2D eigenvalue weighted by atomic mass is 10.2. The first-order chi connectivity index (χ1) is 5.07. The number of rotatable bonds is 3. The highest BCUT2D eigenvalue weighted by Gasteiger charge is 2.05. The largest absolute Gasteiger partial charge is 0.365 e. The van der Waals surface area contributed by atoms with Crippen molar-refractivity contribution in [3.05, 3.63) is 11.6 Å². The van der Waals surface area contributed by atoms with E-state index in [2.05, 4.69) is 0 Å². The van der Waals surface area contributed by atoms with Crippen molar-refractivity contribution in [3.63, 3.8) is 0 Å². The molecule has 0 rings (SSSR count). The monoisotopic (exact) mass is 157 g/mol. The summed E-state index contributed by atoms with van der Waals surface area (Å²) in [6.07, 6.45) is 2.69. The summed E-state index contributed by atoms with van der Waals surface area (Å²) in [5, 5.41) is 1.38. The van der Waals surface area contributed by atoms with Crippen LogP contribution in [0.2, 0.25) is 0 Å². The van der Waals surface area contributed by atoms with Crippen LogP contribution in [-0.4, -0.2) is 25.1 Å². The van der Waals surface area contributed by atoms with Crippen molar-refractivity contribution >= 4 is 5.97 Å². The molecule has 3 nitrogen and oxygen atoms in total. The van der Waals surface area contributed by atoms with Gasteiger partial charge in [-0.2, -0.15) is 0 Å². The third-order valence-electron chi connectivity index (χ3n) is 1.10. The van der Waals surface area contributed by atoms with Crippen LogP contribution < -0.4 is 0 Å². The third kappa shape index (κ3) is 4.56. The lowest BCUT2D eigenvalue weighted by Gasteiger charge is -2.09. The summed E-state index contributed by atoms with van der Waals surface area (Å²) in [7, 11) is 3.36. The molecule has 0 amide bonds. The molecule has 64 valence electrons. The highest BCUT2D eigenvalue weighted by atomic mass is 16.7. The van der Waals surface area contributed by atoms with E-state index in [9.17, 15) is 4.79 Å². The van der Waals surface area contributed by atoms with Gasteiger partial charge in [0.05, 0.1) is 0 Å². The Kier molecular flexibility index (Phi) is 4.54. The second-order valence-electron chi connectivity index (χ2n) is 2.49. The molecular formula is C8H15NO2. The van der Waals surface area contributed by atoms with Gasteiger partial charge in [-0.05, 0) is 13.3 Å². The van der Waals surface area contributed by atoms with E-state index < -0.39 is 0 Å². The fraction of sp³-hybridized carbons (Fsp3) is 0.625. The molecule has 0 radical (unpaired) electrons. The summed E-state index contributed by atoms with van der Waals surface area (Å²) in [5.74, 6) is -0.281. The van der Waals surface area contributed by atoms with Gasteiger partial charge >= 0.3 is 5.97 Å². The Hall–Kier alpha value is -0.830. The van der Waals surface area contributed by atoms with Crippen molar-refractivity contribution < 1.29 is 9.63 Å². The number of hydroxylamine groups is 2. The minimum absolute atomic E-state index is 0.281. The molecule has 0 bridgehead atoms. The first-order valence-corrected chi connectivity index (χ1v) is 3.64. The van der Waals surface area contributed by atoms with Crippen LogP contribution in [0.15, 0.2) is 11.6 Å². The van der Waals surface area contributed by atoms with Gasteiger partial charge in [0, 0.05) is 19.7 Å². The summed E-state index contributed by atoms with van der Waals surface area (Å²) in [6.45, 7) is 3.72. The fourth-order valence-corrected chi connectivity index (χ4v) is 0.627. The average Bonchev–Trinajstić information content (AvgIpc) is 1.86. The van der Waals surface area contributed by atoms with Crippen molar-refractivity contribution in [1.29, 1.82) is 0 Å². The molecule has 0 fully saturated rings. The molecule has 0 unspecified atom stereocenters. The third-order valence-corrected chi connectivity index (χ3v) is 1.10. The molecule has 0 saturated heterocycles. The van der Waals surface area contributed by atoms with Gasteiger partial charge in [-0.1, -0.05) is 13.0 Å². The number of hydrogen-bond donors (Lipinski definition) is 0. The Morgan fingerprint density at radius 3 is 2.45 bits per heavy atom. The number of carbonyl (C=O) groups excluding carboxylic acids is 1. The molecule has 0 aromatic carbocycles. The lowest BCUT2D eigenvalue weighted by molar-refractivity contribution is -0.172. The zero-order valence-corrected chi connectivity index (χ0v) is 7.55. The lowest BCUT2D eigenvalue weighted by Crippen LogP contribution is -2.18. The quantitative estimate of drug-likeness (QED) is 0.457. The maximum atomic E-state index is 11.0. The van der Waals surface area contributed by atoms with E-state index in [4.69, 9.17) is 4.84 Å². The van der Waals surface area contributed by atoms with Crippen molar-refractivity contribution in [2.45, 2.75) is 20.3 Å². The smallest absolute Gasteiger partial charge is 0.352 e. The van der Waals surface area contributed by atoms with Gasteiger partial charge in [-0.15, -0.1) is 5.06 Å². The maximum absolute atomic E-state index is 11.0. The molecule has 0 aliphatic carbocycles. The van der Waals surface area contributed by atoms with Crippen LogP contribution in [0.3, 0.4) is 0 Å². The Bertz CT molecular complexity index is 161. The molecule has 0 saturated carbocycles. The van der Waals surface area contributed by atoms with Crippen LogP contribution in [0, 0.1) is 0 Å². The predicted octanol–water partition coefficient (Wildman–Crippen LogP) is 1.36. The van der Waals surface area contributed by atoms with Gasteiger partial charge in [0.25, 0.3) is 0 Å². The molecule has 3 heteroatoms. The summed E-state index contributed by atoms with van der Waals surface area (Å²) in [6, 6.07) is 0. The average molecular weight is 157 g/mol. The highest BCUT2D eigenvalue weighted by molar-refractivity contribution is 5.87. The van der Waals surface area contributed by atoms with Crippen molar-refractivity contribution in [2.24, 2.45) is 0 Å². The Morgan fingerprint density at radius 1 is 1.55 bits per heavy atom. The number of hydrogen-bond acceptors (Lipinski definition) is 3. The minimum atomic E-state index is -0.281. The van der Waals surface area contributed by atoms with Crippen LogP contribution >= 0.6 is 0 Å². The highest BCUT2D eigenvalue weighted by Crippen LogP contribution is 1.98. The van der Waals surface area contributed by atoms with Crippen molar-refractivity contribution in [3.8, 4) is 0 Å². The topological polar surface area (TPSA) is 29.5 Å². The molecule has 0 aliphatic rings. The van der Waals surface area contributed by atoms with Crippen molar-refractivity contribution in [2.75, 3.05) is 14.1 Å². The van der Waals surface area contributed by atoms with Gasteiger partial charge in [-0.25, -0.2) is 4.79 Å². The van der Waals surface area contributed by atoms with E-state index in [1.54, 1.807) is 21.0 Å². The van der Waals surface area contributed by atoms with Gasteiger partial charge < -0.3 is 4.84 Å². The van der Waals surface area contributed by atoms with Gasteiger partial charge in [0.15, 0.2) is 0 Å². The molecule has 0 aliphatic heterocycles. The number of allylic oxidation sites excluding steroid dienone is 1. The number of carbonyl (C=O) groups is 1. The molecule has 0 spiro atoms. The summed E-state index contributed by atoms with van der Waals surface area (Å²) < 4.78 is 0. The molecule has 0 heterocycles. The molecular weight excluding hydrogens is 142 g/mol. The molecule has 0 atom stereocenters. The van der Waals surface area contributed by atoms with E-state index in [1.165, 1.54) is 5.06 Å². The van der Waals surface area contributed by atoms with E-state index in [1.807, 2.05) is 13.0 Å². The molecule has 11 heavy (non-hydrogen) atoms. The Balaban J connectivity index is 3.93. The van der Waals surface area contributed by atoms with Gasteiger partial charge in [-0.3, -0.25) is 0 Å². The second kappa shape index (κ2) is 4.91. The number of nitrogens with zero attached hydrogens (tertiary/aromatic N) is 1. The standard InChI is InChI=1S/C8H15NO2/c1-5-6-7(2)8(10)11-9(3)4/h6H,5H2,1-4H3. The fourth-order valence-electron chi connectivity index (χ4n) is 0.627. The van der Waals surface area contributed by atoms with E-state index in [0.717, 1.165) is 6.42 Å². The van der Waals surface area contributed by atoms with Crippen LogP contribution in [0.4, 0.5) is 0 Å². The predicted molar refractivity (Wildman–Crippen MR) is 43.8 cm³/mol. The molecule has 0 N–H and O–H groups in total. The van der Waals surface area contributed by atoms with Crippen LogP contribution in [0.1, 0.15) is 20.3 Å². The Labute approximate surface area is 67.6 Å². The van der Waals surface area contributed by atoms with E-state index >= 15 is 0 Å². The first-order valence-electron chi connectivity index (χ1n) is 3.64. The van der Waals surface area contributed by atoms with E-state index in [-0.39, 0.29) is 5.97 Å². The molecule has 0 aromatic rings. The zero-order chi connectivity index (χ0) is 8.85. The second-order valence-corrected chi connectivity index (χ2v) is 2.49. The SMILES string of the molecule is CCC=C(C)C(=O)ON(C)C. The maximum Gasteiger partial charge on any atom is 0.352 e. The summed E-state index contributed by atoms with van der Waals surface area (Å²) in [4.78, 5) is 15.8. The molecule has 0 aromatic heterocycles. The van der Waals surface area contributed by atoms with Gasteiger partial charge in [0.1, 0.15) is 0 Å². The van der Waals surface area contributed by atoms with Gasteiger partial charge in [0.2, 0.25) is 0 Å². The van der Waals surface area contributed by atoms with Crippen molar-refractivity contribution in [1.82, 2.24) is 5.06 Å². The Morgan fingerprint density at radius 2 is 2.09 bits per heavy atom.